The lowest BCUT2D eigenvalue weighted by atomic mass is 9.99. The summed E-state index contributed by atoms with van der Waals surface area (Å²) in [5.41, 5.74) is 6.05. The van der Waals surface area contributed by atoms with Crippen molar-refractivity contribution in [2.24, 2.45) is 5.92 Å². The second kappa shape index (κ2) is 8.15. The zero-order valence-electron chi connectivity index (χ0n) is 17.7. The Kier molecular flexibility index (Phi) is 5.34. The normalized spacial score (nSPS) is 22.2. The third-order valence-corrected chi connectivity index (χ3v) is 6.93. The van der Waals surface area contributed by atoms with Gasteiger partial charge in [0.05, 0.1) is 30.0 Å². The number of hydrogen-bond donors (Lipinski definition) is 2. The third kappa shape index (κ3) is 4.26. The molecule has 5 rings (SSSR count). The van der Waals surface area contributed by atoms with Gasteiger partial charge < -0.3 is 15.5 Å². The molecule has 0 radical (unpaired) electrons. The molecule has 1 unspecified atom stereocenters. The largest absolute Gasteiger partial charge is 0.380 e. The number of benzene rings is 1. The molecule has 1 saturated heterocycles. The van der Waals surface area contributed by atoms with Crippen molar-refractivity contribution in [3.05, 3.63) is 57.9 Å². The summed E-state index contributed by atoms with van der Waals surface area (Å²) in [6.07, 6.45) is 6.62. The third-order valence-electron chi connectivity index (χ3n) is 6.60. The number of amides is 2. The van der Waals surface area contributed by atoms with Gasteiger partial charge in [0, 0.05) is 31.1 Å². The van der Waals surface area contributed by atoms with E-state index in [0.717, 1.165) is 29.2 Å². The number of pyridine rings is 1. The van der Waals surface area contributed by atoms with Crippen molar-refractivity contribution in [3.63, 3.8) is 0 Å². The van der Waals surface area contributed by atoms with Gasteiger partial charge in [0.15, 0.2) is 0 Å². The van der Waals surface area contributed by atoms with Crippen molar-refractivity contribution < 1.29 is 9.59 Å². The summed E-state index contributed by atoms with van der Waals surface area (Å²) in [5.74, 6) is 0.313. The number of fused-ring (bicyclic) bond motifs is 1. The van der Waals surface area contributed by atoms with Crippen LogP contribution in [0.3, 0.4) is 0 Å². The molecule has 0 spiro atoms. The lowest BCUT2D eigenvalue weighted by Gasteiger charge is -2.20. The fourth-order valence-corrected chi connectivity index (χ4v) is 5.20. The summed E-state index contributed by atoms with van der Waals surface area (Å²) < 4.78 is 0. The number of rotatable bonds is 6. The number of carbonyl (C=O) groups is 2. The van der Waals surface area contributed by atoms with Gasteiger partial charge in [-0.1, -0.05) is 17.7 Å². The van der Waals surface area contributed by atoms with Crippen molar-refractivity contribution in [2.75, 3.05) is 18.9 Å². The first kappa shape index (κ1) is 20.3. The smallest absolute Gasteiger partial charge is 0.228 e. The van der Waals surface area contributed by atoms with Gasteiger partial charge in [0.25, 0.3) is 0 Å². The highest BCUT2D eigenvalue weighted by molar-refractivity contribution is 6.31. The molecule has 0 bridgehead atoms. The van der Waals surface area contributed by atoms with E-state index >= 15 is 0 Å². The van der Waals surface area contributed by atoms with E-state index in [1.807, 2.05) is 18.3 Å². The van der Waals surface area contributed by atoms with Crippen LogP contribution in [0.5, 0.6) is 0 Å². The molecule has 6 nitrogen and oxygen atoms in total. The molecule has 2 fully saturated rings. The predicted molar refractivity (Wildman–Crippen MR) is 120 cm³/mol. The first-order valence-corrected chi connectivity index (χ1v) is 11.4. The van der Waals surface area contributed by atoms with E-state index in [0.29, 0.717) is 25.0 Å². The average molecular weight is 439 g/mol. The number of nitrogens with one attached hydrogen (secondary N) is 2. The molecule has 1 aliphatic heterocycles. The molecule has 1 aromatic heterocycles. The molecule has 2 heterocycles. The molecule has 2 aliphatic carbocycles. The van der Waals surface area contributed by atoms with Crippen LogP contribution in [-0.4, -0.2) is 41.3 Å². The van der Waals surface area contributed by atoms with Crippen LogP contribution in [0, 0.1) is 5.92 Å². The minimum Gasteiger partial charge on any atom is -0.380 e. The summed E-state index contributed by atoms with van der Waals surface area (Å²) in [4.78, 5) is 30.0. The minimum absolute atomic E-state index is 0.0174. The van der Waals surface area contributed by atoms with Crippen LogP contribution in [0.1, 0.15) is 47.6 Å². The first-order chi connectivity index (χ1) is 15.0. The Morgan fingerprint density at radius 1 is 1.23 bits per heavy atom. The molecule has 1 aromatic carbocycles. The lowest BCUT2D eigenvalue weighted by molar-refractivity contribution is -0.135. The quantitative estimate of drug-likeness (QED) is 0.725. The van der Waals surface area contributed by atoms with Crippen LogP contribution in [0.15, 0.2) is 30.5 Å². The van der Waals surface area contributed by atoms with Gasteiger partial charge in [0.2, 0.25) is 11.8 Å². The van der Waals surface area contributed by atoms with Crippen molar-refractivity contribution in [1.29, 1.82) is 0 Å². The maximum Gasteiger partial charge on any atom is 0.228 e. The van der Waals surface area contributed by atoms with Gasteiger partial charge in [-0.15, -0.1) is 0 Å². The highest BCUT2D eigenvalue weighted by Gasteiger charge is 2.33. The summed E-state index contributed by atoms with van der Waals surface area (Å²) in [6.45, 7) is 0.859. The van der Waals surface area contributed by atoms with E-state index in [2.05, 4.69) is 27.8 Å². The standard InChI is InChI=1S/C24H27ClN4O2/c1-29(24(31)16-9-22(30)27-11-16)13-18-6-5-17(12-26-18)28-19-8-15-4-7-21(25)23(14-2-3-14)20(15)10-19/h4-7,12,14,16,19,28H,2-3,8-11,13H2,1H3,(H,27,30)/t16-,19?/m0/s1. The van der Waals surface area contributed by atoms with E-state index < -0.39 is 0 Å². The molecule has 3 aliphatic rings. The summed E-state index contributed by atoms with van der Waals surface area (Å²) in [6, 6.07) is 8.56. The molecule has 2 amide bonds. The predicted octanol–water partition coefficient (Wildman–Crippen LogP) is 3.29. The average Bonchev–Trinajstić information content (AvgIpc) is 3.36. The van der Waals surface area contributed by atoms with Crippen LogP contribution in [0.25, 0.3) is 0 Å². The Balaban J connectivity index is 1.19. The summed E-state index contributed by atoms with van der Waals surface area (Å²) in [5, 5.41) is 7.25. The number of carbonyl (C=O) groups excluding carboxylic acids is 2. The van der Waals surface area contributed by atoms with E-state index in [1.54, 1.807) is 11.9 Å². The molecule has 2 aromatic rings. The lowest BCUT2D eigenvalue weighted by Crippen LogP contribution is -2.33. The topological polar surface area (TPSA) is 74.3 Å². The maximum absolute atomic E-state index is 12.5. The van der Waals surface area contributed by atoms with Gasteiger partial charge in [-0.25, -0.2) is 0 Å². The van der Waals surface area contributed by atoms with E-state index in [1.165, 1.54) is 29.5 Å². The molecule has 2 N–H and O–H groups in total. The van der Waals surface area contributed by atoms with Crippen LogP contribution in [0.4, 0.5) is 5.69 Å². The van der Waals surface area contributed by atoms with Crippen LogP contribution < -0.4 is 10.6 Å². The number of hydrogen-bond acceptors (Lipinski definition) is 4. The zero-order chi connectivity index (χ0) is 21.5. The van der Waals surface area contributed by atoms with Crippen molar-refractivity contribution >= 4 is 29.1 Å². The van der Waals surface area contributed by atoms with E-state index in [9.17, 15) is 9.59 Å². The molecule has 1 saturated carbocycles. The fraction of sp³-hybridized carbons (Fsp3) is 0.458. The Labute approximate surface area is 187 Å². The van der Waals surface area contributed by atoms with Crippen molar-refractivity contribution in [3.8, 4) is 0 Å². The van der Waals surface area contributed by atoms with Crippen LogP contribution >= 0.6 is 11.6 Å². The van der Waals surface area contributed by atoms with E-state index in [-0.39, 0.29) is 24.2 Å². The summed E-state index contributed by atoms with van der Waals surface area (Å²) in [7, 11) is 1.76. The highest BCUT2D eigenvalue weighted by atomic mass is 35.5. The molecule has 31 heavy (non-hydrogen) atoms. The highest BCUT2D eigenvalue weighted by Crippen LogP contribution is 2.47. The van der Waals surface area contributed by atoms with Gasteiger partial charge in [-0.2, -0.15) is 0 Å². The van der Waals surface area contributed by atoms with E-state index in [4.69, 9.17) is 11.6 Å². The monoisotopic (exact) mass is 438 g/mol. The SMILES string of the molecule is CN(Cc1ccc(NC2Cc3ccc(Cl)c(C4CC4)c3C2)cn1)C(=O)[C@@H]1CNC(=O)C1. The molecule has 2 atom stereocenters. The van der Waals surface area contributed by atoms with Gasteiger partial charge >= 0.3 is 0 Å². The number of anilines is 1. The van der Waals surface area contributed by atoms with Crippen LogP contribution in [-0.2, 0) is 29.0 Å². The van der Waals surface area contributed by atoms with Gasteiger partial charge in [0.1, 0.15) is 0 Å². The Morgan fingerprint density at radius 2 is 2.06 bits per heavy atom. The second-order valence-corrected chi connectivity index (χ2v) is 9.47. The van der Waals surface area contributed by atoms with Crippen molar-refractivity contribution in [2.45, 2.75) is 50.6 Å². The van der Waals surface area contributed by atoms with Gasteiger partial charge in [-0.05, 0) is 66.5 Å². The van der Waals surface area contributed by atoms with Crippen molar-refractivity contribution in [1.82, 2.24) is 15.2 Å². The first-order valence-electron chi connectivity index (χ1n) is 11.0. The second-order valence-electron chi connectivity index (χ2n) is 9.06. The minimum atomic E-state index is -0.267. The Bertz CT molecular complexity index is 1020. The Morgan fingerprint density at radius 3 is 2.74 bits per heavy atom. The number of nitrogens with zero attached hydrogens (tertiary/aromatic N) is 2. The number of aromatic nitrogens is 1. The molecule has 162 valence electrons. The molecular weight excluding hydrogens is 412 g/mol. The fourth-order valence-electron chi connectivity index (χ4n) is 4.86. The summed E-state index contributed by atoms with van der Waals surface area (Å²) >= 11 is 6.50. The number of halogens is 1. The van der Waals surface area contributed by atoms with Gasteiger partial charge in [-0.3, -0.25) is 14.6 Å². The maximum atomic E-state index is 12.5. The van der Waals surface area contributed by atoms with Crippen LogP contribution in [0.2, 0.25) is 5.02 Å². The molecule has 7 heteroatoms. The zero-order valence-corrected chi connectivity index (χ0v) is 18.4. The molecular formula is C24H27ClN4O2. The Hall–Kier alpha value is -2.60.